The average Bonchev–Trinajstić information content (AvgIpc) is 3.02. The molecule has 0 saturated carbocycles. The molecule has 7 nitrogen and oxygen atoms in total. The summed E-state index contributed by atoms with van der Waals surface area (Å²) in [4.78, 5) is 13.6. The van der Waals surface area contributed by atoms with E-state index < -0.39 is 0 Å². The molecule has 2 N–H and O–H groups in total. The molecule has 1 aliphatic rings. The van der Waals surface area contributed by atoms with Crippen LogP contribution in [-0.4, -0.2) is 58.7 Å². The lowest BCUT2D eigenvalue weighted by Gasteiger charge is -2.34. The Morgan fingerprint density at radius 1 is 1.08 bits per heavy atom. The first-order valence-corrected chi connectivity index (χ1v) is 8.76. The van der Waals surface area contributed by atoms with Crippen molar-refractivity contribution in [2.45, 2.75) is 0 Å². The van der Waals surface area contributed by atoms with Crippen LogP contribution in [-0.2, 0) is 7.05 Å². The molecule has 7 heteroatoms. The number of likely N-dealkylation sites (N-methyl/N-ethyl adjacent to an activating group) is 1. The second-order valence-corrected chi connectivity index (χ2v) is 6.73. The van der Waals surface area contributed by atoms with Crippen molar-refractivity contribution < 1.29 is 0 Å². The van der Waals surface area contributed by atoms with Gasteiger partial charge in [0.15, 0.2) is 0 Å². The number of pyridine rings is 1. The number of hydrogen-bond acceptors (Lipinski definition) is 5. The van der Waals surface area contributed by atoms with Crippen molar-refractivity contribution in [2.75, 3.05) is 38.1 Å². The molecule has 26 heavy (non-hydrogen) atoms. The smallest absolute Gasteiger partial charge is 0.150 e. The number of aliphatic imine (C=N–C) groups is 1. The Morgan fingerprint density at radius 3 is 2.54 bits per heavy atom. The summed E-state index contributed by atoms with van der Waals surface area (Å²) >= 11 is 0. The lowest BCUT2D eigenvalue weighted by molar-refractivity contribution is 0.313. The van der Waals surface area contributed by atoms with E-state index in [9.17, 15) is 0 Å². The molecule has 4 rings (SSSR count). The molecular weight excluding hydrogens is 326 g/mol. The fourth-order valence-electron chi connectivity index (χ4n) is 3.19. The summed E-state index contributed by atoms with van der Waals surface area (Å²) in [6.07, 6.45) is 3.67. The summed E-state index contributed by atoms with van der Waals surface area (Å²) < 4.78 is 1.76. The topological polar surface area (TPSA) is 75.6 Å². The Hall–Kier alpha value is -2.93. The second kappa shape index (κ2) is 6.76. The third kappa shape index (κ3) is 3.39. The maximum Gasteiger partial charge on any atom is 0.150 e. The minimum Gasteiger partial charge on any atom is -0.382 e. The van der Waals surface area contributed by atoms with E-state index in [0.29, 0.717) is 11.5 Å². The molecule has 1 saturated heterocycles. The van der Waals surface area contributed by atoms with Crippen molar-refractivity contribution in [2.24, 2.45) is 17.8 Å². The van der Waals surface area contributed by atoms with Gasteiger partial charge >= 0.3 is 0 Å². The van der Waals surface area contributed by atoms with E-state index in [1.165, 1.54) is 5.69 Å². The fraction of sp³-hybridized carbons (Fsp3) is 0.316. The van der Waals surface area contributed by atoms with Crippen molar-refractivity contribution in [3.05, 3.63) is 48.4 Å². The fourth-order valence-corrected chi connectivity index (χ4v) is 3.19. The van der Waals surface area contributed by atoms with Crippen LogP contribution in [0.4, 0.5) is 11.4 Å². The van der Waals surface area contributed by atoms with E-state index in [4.69, 9.17) is 5.73 Å². The lowest BCUT2D eigenvalue weighted by atomic mass is 10.2. The van der Waals surface area contributed by atoms with Crippen molar-refractivity contribution in [3.8, 4) is 0 Å². The molecule has 134 valence electrons. The van der Waals surface area contributed by atoms with Gasteiger partial charge in [0.05, 0.1) is 11.9 Å². The zero-order valence-corrected chi connectivity index (χ0v) is 15.1. The van der Waals surface area contributed by atoms with E-state index in [2.05, 4.69) is 44.1 Å². The number of fused-ring (bicyclic) bond motifs is 1. The van der Waals surface area contributed by atoms with Gasteiger partial charge in [-0.2, -0.15) is 5.10 Å². The molecule has 0 amide bonds. The summed E-state index contributed by atoms with van der Waals surface area (Å²) in [6.45, 7) is 4.29. The van der Waals surface area contributed by atoms with Crippen molar-refractivity contribution >= 4 is 28.1 Å². The minimum absolute atomic E-state index is 0.406. The number of benzene rings is 1. The number of hydrogen-bond donors (Lipinski definition) is 1. The van der Waals surface area contributed by atoms with Gasteiger partial charge in [0, 0.05) is 50.5 Å². The SMILES string of the molecule is CN1CCN(c2ccc(N=C(N)c3cc4cn(C)nc4cn3)cc2)CC1. The third-order valence-corrected chi connectivity index (χ3v) is 4.74. The lowest BCUT2D eigenvalue weighted by Crippen LogP contribution is -2.44. The number of amidine groups is 1. The third-order valence-electron chi connectivity index (χ3n) is 4.74. The van der Waals surface area contributed by atoms with Gasteiger partial charge in [0.25, 0.3) is 0 Å². The highest BCUT2D eigenvalue weighted by Gasteiger charge is 2.14. The van der Waals surface area contributed by atoms with E-state index in [1.807, 2.05) is 31.4 Å². The molecule has 3 heterocycles. The second-order valence-electron chi connectivity index (χ2n) is 6.73. The van der Waals surface area contributed by atoms with Crippen LogP contribution in [0, 0.1) is 0 Å². The van der Waals surface area contributed by atoms with Crippen molar-refractivity contribution in [1.29, 1.82) is 0 Å². The number of nitrogens with zero attached hydrogens (tertiary/aromatic N) is 6. The van der Waals surface area contributed by atoms with E-state index in [-0.39, 0.29) is 0 Å². The van der Waals surface area contributed by atoms with E-state index in [1.54, 1.807) is 10.9 Å². The highest BCUT2D eigenvalue weighted by Crippen LogP contribution is 2.21. The first kappa shape index (κ1) is 16.5. The molecule has 3 aromatic rings. The molecule has 1 fully saturated rings. The number of aryl methyl sites for hydroxylation is 1. The largest absolute Gasteiger partial charge is 0.382 e. The number of anilines is 1. The zero-order valence-electron chi connectivity index (χ0n) is 15.1. The molecule has 0 bridgehead atoms. The zero-order chi connectivity index (χ0) is 18.1. The van der Waals surface area contributed by atoms with E-state index >= 15 is 0 Å². The van der Waals surface area contributed by atoms with Crippen LogP contribution in [0.3, 0.4) is 0 Å². The monoisotopic (exact) mass is 349 g/mol. The molecule has 1 aromatic carbocycles. The first-order chi connectivity index (χ1) is 12.6. The summed E-state index contributed by atoms with van der Waals surface area (Å²) in [5.74, 6) is 0.406. The average molecular weight is 349 g/mol. The normalized spacial score (nSPS) is 16.4. The Bertz CT molecular complexity index is 934. The molecule has 0 radical (unpaired) electrons. The van der Waals surface area contributed by atoms with Crippen LogP contribution < -0.4 is 10.6 Å². The van der Waals surface area contributed by atoms with Crippen LogP contribution in [0.1, 0.15) is 5.69 Å². The van der Waals surface area contributed by atoms with Crippen LogP contribution in [0.15, 0.2) is 47.7 Å². The molecule has 2 aromatic heterocycles. The molecule has 1 aliphatic heterocycles. The number of rotatable bonds is 3. The molecule has 0 spiro atoms. The first-order valence-electron chi connectivity index (χ1n) is 8.76. The summed E-state index contributed by atoms with van der Waals surface area (Å²) in [6, 6.07) is 10.1. The van der Waals surface area contributed by atoms with Gasteiger partial charge in [0.2, 0.25) is 0 Å². The number of piperazine rings is 1. The molecule has 0 aliphatic carbocycles. The maximum absolute atomic E-state index is 6.17. The minimum atomic E-state index is 0.406. The standard InChI is InChI=1S/C19H23N7/c1-24-7-9-26(10-8-24)16-5-3-15(4-6-16)22-19(20)17-11-14-13-25(2)23-18(14)12-21-17/h3-6,11-13H,7-10H2,1-2H3,(H2,20,22). The van der Waals surface area contributed by atoms with Crippen molar-refractivity contribution in [1.82, 2.24) is 19.7 Å². The summed E-state index contributed by atoms with van der Waals surface area (Å²) in [5, 5.41) is 5.32. The van der Waals surface area contributed by atoms with Gasteiger partial charge in [-0.05, 0) is 37.4 Å². The predicted molar refractivity (Wildman–Crippen MR) is 105 cm³/mol. The Morgan fingerprint density at radius 2 is 1.81 bits per heavy atom. The quantitative estimate of drug-likeness (QED) is 0.576. The van der Waals surface area contributed by atoms with Gasteiger partial charge in [-0.15, -0.1) is 0 Å². The van der Waals surface area contributed by atoms with Gasteiger partial charge in [-0.1, -0.05) is 0 Å². The molecule has 0 unspecified atom stereocenters. The molecule has 0 atom stereocenters. The highest BCUT2D eigenvalue weighted by atomic mass is 15.3. The predicted octanol–water partition coefficient (Wildman–Crippen LogP) is 1.76. The number of nitrogens with two attached hydrogens (primary N) is 1. The summed E-state index contributed by atoms with van der Waals surface area (Å²) in [7, 11) is 4.05. The Kier molecular flexibility index (Phi) is 4.30. The van der Waals surface area contributed by atoms with Gasteiger partial charge in [-0.25, -0.2) is 4.99 Å². The van der Waals surface area contributed by atoms with Crippen LogP contribution in [0.5, 0.6) is 0 Å². The Labute approximate surface area is 152 Å². The Balaban J connectivity index is 1.52. The molecular formula is C19H23N7. The number of aromatic nitrogens is 3. The van der Waals surface area contributed by atoms with Crippen LogP contribution in [0.25, 0.3) is 10.9 Å². The van der Waals surface area contributed by atoms with Gasteiger partial charge in [-0.3, -0.25) is 9.67 Å². The van der Waals surface area contributed by atoms with Gasteiger partial charge < -0.3 is 15.5 Å². The van der Waals surface area contributed by atoms with Crippen LogP contribution in [0.2, 0.25) is 0 Å². The highest BCUT2D eigenvalue weighted by molar-refractivity contribution is 5.99. The van der Waals surface area contributed by atoms with Crippen molar-refractivity contribution in [3.63, 3.8) is 0 Å². The van der Waals surface area contributed by atoms with Crippen LogP contribution >= 0.6 is 0 Å². The summed E-state index contributed by atoms with van der Waals surface area (Å²) in [5.41, 5.74) is 9.73. The maximum atomic E-state index is 6.17. The van der Waals surface area contributed by atoms with E-state index in [0.717, 1.165) is 42.8 Å². The van der Waals surface area contributed by atoms with Gasteiger partial charge in [0.1, 0.15) is 17.0 Å².